The molecule has 1 unspecified atom stereocenters. The summed E-state index contributed by atoms with van der Waals surface area (Å²) in [6.45, 7) is 3.25. The van der Waals surface area contributed by atoms with Gasteiger partial charge in [-0.15, -0.1) is 0 Å². The molecule has 82 valence electrons. The Morgan fingerprint density at radius 3 is 2.73 bits per heavy atom. The summed E-state index contributed by atoms with van der Waals surface area (Å²) in [5, 5.41) is 3.61. The minimum Gasteiger partial charge on any atom is -0.310 e. The molecule has 2 rings (SSSR count). The molecule has 1 aromatic rings. The summed E-state index contributed by atoms with van der Waals surface area (Å²) in [4.78, 5) is 0. The summed E-state index contributed by atoms with van der Waals surface area (Å²) in [7, 11) is 0. The van der Waals surface area contributed by atoms with Gasteiger partial charge in [-0.3, -0.25) is 0 Å². The lowest BCUT2D eigenvalue weighted by Gasteiger charge is -2.19. The van der Waals surface area contributed by atoms with E-state index in [0.717, 1.165) is 12.5 Å². The van der Waals surface area contributed by atoms with Crippen LogP contribution >= 0.6 is 22.6 Å². The Morgan fingerprint density at radius 2 is 2.13 bits per heavy atom. The number of halogens is 1. The van der Waals surface area contributed by atoms with Crippen molar-refractivity contribution in [1.29, 1.82) is 0 Å². The Labute approximate surface area is 106 Å². The van der Waals surface area contributed by atoms with Crippen LogP contribution in [0, 0.1) is 9.49 Å². The fourth-order valence-electron chi connectivity index (χ4n) is 2.01. The van der Waals surface area contributed by atoms with E-state index in [9.17, 15) is 0 Å². The molecular weight excluding hydrogens is 297 g/mol. The fourth-order valence-corrected chi connectivity index (χ4v) is 2.77. The molecular formula is C13H18IN. The van der Waals surface area contributed by atoms with Crippen molar-refractivity contribution in [2.45, 2.75) is 32.2 Å². The first-order valence-corrected chi connectivity index (χ1v) is 6.87. The maximum Gasteiger partial charge on any atom is 0.0333 e. The molecule has 1 saturated carbocycles. The van der Waals surface area contributed by atoms with Crippen molar-refractivity contribution in [3.05, 3.63) is 33.4 Å². The monoisotopic (exact) mass is 315 g/mol. The average Bonchev–Trinajstić information content (AvgIpc) is 3.02. The number of benzene rings is 1. The highest BCUT2D eigenvalue weighted by Gasteiger charge is 2.26. The molecule has 0 aliphatic heterocycles. The van der Waals surface area contributed by atoms with Crippen LogP contribution in [0.1, 0.15) is 37.8 Å². The van der Waals surface area contributed by atoms with E-state index in [1.807, 2.05) is 0 Å². The molecule has 1 aliphatic rings. The lowest BCUT2D eigenvalue weighted by molar-refractivity contribution is 0.485. The molecule has 1 N–H and O–H groups in total. The van der Waals surface area contributed by atoms with Crippen LogP contribution in [-0.2, 0) is 0 Å². The van der Waals surface area contributed by atoms with Crippen molar-refractivity contribution >= 4 is 22.6 Å². The third-order valence-corrected chi connectivity index (χ3v) is 3.98. The Balaban J connectivity index is 2.11. The molecule has 15 heavy (non-hydrogen) atoms. The van der Waals surface area contributed by atoms with Gasteiger partial charge >= 0.3 is 0 Å². The van der Waals surface area contributed by atoms with Crippen molar-refractivity contribution in [2.24, 2.45) is 5.92 Å². The maximum atomic E-state index is 3.61. The van der Waals surface area contributed by atoms with Crippen LogP contribution in [0.15, 0.2) is 24.3 Å². The Hall–Kier alpha value is -0.0900. The van der Waals surface area contributed by atoms with E-state index < -0.39 is 0 Å². The standard InChI is InChI=1S/C13H18IN/c1-2-15-13(9-10-7-8-10)11-5-3-4-6-12(11)14/h3-6,10,13,15H,2,7-9H2,1H3. The second-order valence-electron chi connectivity index (χ2n) is 4.31. The van der Waals surface area contributed by atoms with Gasteiger partial charge in [-0.1, -0.05) is 38.0 Å². The van der Waals surface area contributed by atoms with Crippen LogP contribution in [0.4, 0.5) is 0 Å². The van der Waals surface area contributed by atoms with Gasteiger partial charge < -0.3 is 5.32 Å². The van der Waals surface area contributed by atoms with Crippen LogP contribution < -0.4 is 5.32 Å². The molecule has 0 saturated heterocycles. The Kier molecular flexibility index (Phi) is 4.03. The first-order chi connectivity index (χ1) is 7.31. The first kappa shape index (κ1) is 11.4. The van der Waals surface area contributed by atoms with E-state index in [4.69, 9.17) is 0 Å². The van der Waals surface area contributed by atoms with E-state index in [2.05, 4.69) is 59.1 Å². The summed E-state index contributed by atoms with van der Waals surface area (Å²) in [6.07, 6.45) is 4.18. The van der Waals surface area contributed by atoms with Gasteiger partial charge in [-0.05, 0) is 53.1 Å². The third-order valence-electron chi connectivity index (χ3n) is 3.00. The molecule has 1 atom stereocenters. The minimum absolute atomic E-state index is 0.565. The van der Waals surface area contributed by atoms with Gasteiger partial charge in [-0.25, -0.2) is 0 Å². The van der Waals surface area contributed by atoms with Crippen LogP contribution in [0.3, 0.4) is 0 Å². The van der Waals surface area contributed by atoms with Crippen LogP contribution in [0.5, 0.6) is 0 Å². The highest BCUT2D eigenvalue weighted by Crippen LogP contribution is 2.38. The summed E-state index contributed by atoms with van der Waals surface area (Å²) in [5.74, 6) is 0.977. The normalized spacial score (nSPS) is 17.7. The van der Waals surface area contributed by atoms with Crippen molar-refractivity contribution in [3.8, 4) is 0 Å². The van der Waals surface area contributed by atoms with E-state index >= 15 is 0 Å². The molecule has 2 heteroatoms. The van der Waals surface area contributed by atoms with Gasteiger partial charge in [0.25, 0.3) is 0 Å². The molecule has 0 spiro atoms. The summed E-state index contributed by atoms with van der Waals surface area (Å²) in [5.41, 5.74) is 1.48. The zero-order chi connectivity index (χ0) is 10.7. The molecule has 0 amide bonds. The van der Waals surface area contributed by atoms with Gasteiger partial charge in [-0.2, -0.15) is 0 Å². The summed E-state index contributed by atoms with van der Waals surface area (Å²) < 4.78 is 1.39. The topological polar surface area (TPSA) is 12.0 Å². The van der Waals surface area contributed by atoms with Crippen LogP contribution in [0.2, 0.25) is 0 Å². The zero-order valence-corrected chi connectivity index (χ0v) is 11.3. The minimum atomic E-state index is 0.565. The average molecular weight is 315 g/mol. The van der Waals surface area contributed by atoms with Gasteiger partial charge in [0, 0.05) is 9.61 Å². The summed E-state index contributed by atoms with van der Waals surface area (Å²) in [6, 6.07) is 9.29. The molecule has 1 fully saturated rings. The van der Waals surface area contributed by atoms with Crippen LogP contribution in [-0.4, -0.2) is 6.54 Å². The molecule has 0 aromatic heterocycles. The van der Waals surface area contributed by atoms with Crippen molar-refractivity contribution in [2.75, 3.05) is 6.54 Å². The number of hydrogen-bond donors (Lipinski definition) is 1. The highest BCUT2D eigenvalue weighted by molar-refractivity contribution is 14.1. The highest BCUT2D eigenvalue weighted by atomic mass is 127. The van der Waals surface area contributed by atoms with E-state index in [0.29, 0.717) is 6.04 Å². The maximum absolute atomic E-state index is 3.61. The third kappa shape index (κ3) is 3.18. The molecule has 1 nitrogen and oxygen atoms in total. The second-order valence-corrected chi connectivity index (χ2v) is 5.47. The lowest BCUT2D eigenvalue weighted by atomic mass is 10.0. The Morgan fingerprint density at radius 1 is 1.40 bits per heavy atom. The number of nitrogens with one attached hydrogen (secondary N) is 1. The van der Waals surface area contributed by atoms with E-state index in [1.54, 1.807) is 0 Å². The molecule has 1 aliphatic carbocycles. The molecule has 0 radical (unpaired) electrons. The van der Waals surface area contributed by atoms with Crippen molar-refractivity contribution in [1.82, 2.24) is 5.32 Å². The van der Waals surface area contributed by atoms with Gasteiger partial charge in [0.15, 0.2) is 0 Å². The molecule has 0 bridgehead atoms. The number of hydrogen-bond acceptors (Lipinski definition) is 1. The van der Waals surface area contributed by atoms with Gasteiger partial charge in [0.05, 0.1) is 0 Å². The zero-order valence-electron chi connectivity index (χ0n) is 9.17. The SMILES string of the molecule is CCNC(CC1CC1)c1ccccc1I. The second kappa shape index (κ2) is 5.30. The van der Waals surface area contributed by atoms with Crippen LogP contribution in [0.25, 0.3) is 0 Å². The largest absolute Gasteiger partial charge is 0.310 e. The van der Waals surface area contributed by atoms with Crippen molar-refractivity contribution < 1.29 is 0 Å². The lowest BCUT2D eigenvalue weighted by Crippen LogP contribution is -2.22. The first-order valence-electron chi connectivity index (χ1n) is 5.79. The van der Waals surface area contributed by atoms with E-state index in [1.165, 1.54) is 28.4 Å². The predicted octanol–water partition coefficient (Wildman–Crippen LogP) is 3.74. The number of rotatable bonds is 5. The van der Waals surface area contributed by atoms with Gasteiger partial charge in [0.2, 0.25) is 0 Å². The predicted molar refractivity (Wildman–Crippen MR) is 72.9 cm³/mol. The fraction of sp³-hybridized carbons (Fsp3) is 0.538. The Bertz CT molecular complexity index is 320. The quantitative estimate of drug-likeness (QED) is 0.816. The van der Waals surface area contributed by atoms with Crippen molar-refractivity contribution in [3.63, 3.8) is 0 Å². The van der Waals surface area contributed by atoms with E-state index in [-0.39, 0.29) is 0 Å². The smallest absolute Gasteiger partial charge is 0.0333 e. The summed E-state index contributed by atoms with van der Waals surface area (Å²) >= 11 is 2.44. The molecule has 0 heterocycles. The molecule has 1 aromatic carbocycles. The van der Waals surface area contributed by atoms with Gasteiger partial charge in [0.1, 0.15) is 0 Å².